The number of carbonyl (C=O) groups is 1. The largest absolute Gasteiger partial charge is 0.372 e. The summed E-state index contributed by atoms with van der Waals surface area (Å²) in [5, 5.41) is 3.46. The number of hydrogen-bond donors (Lipinski definition) is 2. The van der Waals surface area contributed by atoms with Gasteiger partial charge in [0.25, 0.3) is 5.91 Å². The van der Waals surface area contributed by atoms with Crippen molar-refractivity contribution in [1.82, 2.24) is 5.32 Å². The molecule has 4 heteroatoms. The highest BCUT2D eigenvalue weighted by molar-refractivity contribution is 5.98. The molecule has 1 aliphatic heterocycles. The van der Waals surface area contributed by atoms with Crippen molar-refractivity contribution in [2.75, 3.05) is 25.0 Å². The highest BCUT2D eigenvalue weighted by Gasteiger charge is 2.18. The normalized spacial score (nSPS) is 18.9. The van der Waals surface area contributed by atoms with E-state index in [9.17, 15) is 4.79 Å². The van der Waals surface area contributed by atoms with Gasteiger partial charge in [0, 0.05) is 25.3 Å². The molecule has 1 atom stereocenters. The van der Waals surface area contributed by atoms with Crippen molar-refractivity contribution >= 4 is 11.6 Å². The minimum Gasteiger partial charge on any atom is -0.372 e. The van der Waals surface area contributed by atoms with Gasteiger partial charge in [0.15, 0.2) is 0 Å². The summed E-state index contributed by atoms with van der Waals surface area (Å²) in [6.07, 6.45) is 2.43. The van der Waals surface area contributed by atoms with Crippen molar-refractivity contribution in [2.24, 2.45) is 5.73 Å². The van der Waals surface area contributed by atoms with Crippen LogP contribution in [-0.4, -0.2) is 32.1 Å². The van der Waals surface area contributed by atoms with E-state index in [1.807, 2.05) is 32.2 Å². The third-order valence-corrected chi connectivity index (χ3v) is 3.49. The Hall–Kier alpha value is -1.55. The number of primary amides is 1. The van der Waals surface area contributed by atoms with E-state index in [0.717, 1.165) is 24.3 Å². The molecule has 0 saturated carbocycles. The van der Waals surface area contributed by atoms with E-state index in [-0.39, 0.29) is 5.91 Å². The second kappa shape index (κ2) is 5.40. The first-order valence-corrected chi connectivity index (χ1v) is 6.43. The lowest BCUT2D eigenvalue weighted by atomic mass is 10.1. The first-order valence-electron chi connectivity index (χ1n) is 6.43. The zero-order valence-corrected chi connectivity index (χ0v) is 11.1. The van der Waals surface area contributed by atoms with Crippen LogP contribution in [0.1, 0.15) is 28.8 Å². The zero-order chi connectivity index (χ0) is 13.1. The summed E-state index contributed by atoms with van der Waals surface area (Å²) in [5.41, 5.74) is 8.09. The Balaban J connectivity index is 2.19. The number of rotatable bonds is 4. The molecular formula is C14H21N3O. The predicted octanol–water partition coefficient (Wildman–Crippen LogP) is 1.28. The third kappa shape index (κ3) is 2.82. The van der Waals surface area contributed by atoms with E-state index in [4.69, 9.17) is 5.73 Å². The van der Waals surface area contributed by atoms with Crippen LogP contribution in [0.2, 0.25) is 0 Å². The van der Waals surface area contributed by atoms with E-state index >= 15 is 0 Å². The molecule has 0 radical (unpaired) electrons. The molecule has 1 fully saturated rings. The quantitative estimate of drug-likeness (QED) is 0.842. The molecule has 18 heavy (non-hydrogen) atoms. The predicted molar refractivity (Wildman–Crippen MR) is 74.0 cm³/mol. The van der Waals surface area contributed by atoms with Crippen LogP contribution in [0.3, 0.4) is 0 Å². The van der Waals surface area contributed by atoms with Crippen LogP contribution in [0.25, 0.3) is 0 Å². The summed E-state index contributed by atoms with van der Waals surface area (Å²) in [6, 6.07) is 6.27. The number of benzene rings is 1. The lowest BCUT2D eigenvalue weighted by molar-refractivity contribution is 0.100. The maximum Gasteiger partial charge on any atom is 0.250 e. The van der Waals surface area contributed by atoms with Crippen molar-refractivity contribution in [3.05, 3.63) is 29.3 Å². The molecule has 0 bridgehead atoms. The van der Waals surface area contributed by atoms with E-state index in [0.29, 0.717) is 11.6 Å². The molecule has 1 heterocycles. The van der Waals surface area contributed by atoms with Crippen LogP contribution in [0.15, 0.2) is 18.2 Å². The van der Waals surface area contributed by atoms with Gasteiger partial charge in [-0.05, 0) is 44.0 Å². The van der Waals surface area contributed by atoms with E-state index in [1.165, 1.54) is 12.8 Å². The number of carbonyl (C=O) groups excluding carboxylic acids is 1. The number of amides is 1. The number of aryl methyl sites for hydroxylation is 1. The lowest BCUT2D eigenvalue weighted by Gasteiger charge is -2.25. The van der Waals surface area contributed by atoms with Crippen molar-refractivity contribution in [3.8, 4) is 0 Å². The molecular weight excluding hydrogens is 226 g/mol. The van der Waals surface area contributed by atoms with Gasteiger partial charge < -0.3 is 16.0 Å². The number of nitrogens with one attached hydrogen (secondary N) is 1. The first kappa shape index (κ1) is 12.9. The summed E-state index contributed by atoms with van der Waals surface area (Å²) in [6.45, 7) is 4.02. The topological polar surface area (TPSA) is 58.4 Å². The molecule has 1 amide bonds. The van der Waals surface area contributed by atoms with Crippen LogP contribution >= 0.6 is 0 Å². The summed E-state index contributed by atoms with van der Waals surface area (Å²) in [4.78, 5) is 13.6. The van der Waals surface area contributed by atoms with Crippen LogP contribution in [0, 0.1) is 6.92 Å². The Morgan fingerprint density at radius 3 is 2.94 bits per heavy atom. The van der Waals surface area contributed by atoms with Gasteiger partial charge in [-0.3, -0.25) is 4.79 Å². The summed E-state index contributed by atoms with van der Waals surface area (Å²) in [5.74, 6) is -0.365. The second-order valence-corrected chi connectivity index (χ2v) is 5.06. The molecule has 1 unspecified atom stereocenters. The van der Waals surface area contributed by atoms with Gasteiger partial charge in [-0.2, -0.15) is 0 Å². The molecule has 98 valence electrons. The molecule has 3 N–H and O–H groups in total. The average Bonchev–Trinajstić information content (AvgIpc) is 2.81. The Bertz CT molecular complexity index is 439. The van der Waals surface area contributed by atoms with Gasteiger partial charge in [-0.25, -0.2) is 0 Å². The van der Waals surface area contributed by atoms with Gasteiger partial charge in [0.2, 0.25) is 0 Å². The number of nitrogens with zero attached hydrogens (tertiary/aromatic N) is 1. The Labute approximate surface area is 108 Å². The third-order valence-electron chi connectivity index (χ3n) is 3.49. The van der Waals surface area contributed by atoms with Crippen molar-refractivity contribution in [1.29, 1.82) is 0 Å². The average molecular weight is 247 g/mol. The highest BCUT2D eigenvalue weighted by Crippen LogP contribution is 2.22. The van der Waals surface area contributed by atoms with Crippen molar-refractivity contribution in [3.63, 3.8) is 0 Å². The molecule has 1 aromatic rings. The molecule has 1 aromatic carbocycles. The fraction of sp³-hybridized carbons (Fsp3) is 0.500. The molecule has 0 aromatic heterocycles. The van der Waals surface area contributed by atoms with Gasteiger partial charge in [0.05, 0.1) is 5.56 Å². The zero-order valence-electron chi connectivity index (χ0n) is 11.1. The van der Waals surface area contributed by atoms with E-state index in [2.05, 4.69) is 10.2 Å². The fourth-order valence-electron chi connectivity index (χ4n) is 2.51. The lowest BCUT2D eigenvalue weighted by Crippen LogP contribution is -2.36. The number of anilines is 1. The van der Waals surface area contributed by atoms with E-state index < -0.39 is 0 Å². The van der Waals surface area contributed by atoms with Gasteiger partial charge in [-0.15, -0.1) is 0 Å². The Morgan fingerprint density at radius 2 is 2.33 bits per heavy atom. The van der Waals surface area contributed by atoms with Crippen LogP contribution in [-0.2, 0) is 0 Å². The number of nitrogens with two attached hydrogens (primary N) is 1. The fourth-order valence-corrected chi connectivity index (χ4v) is 2.51. The van der Waals surface area contributed by atoms with Crippen molar-refractivity contribution < 1.29 is 4.79 Å². The second-order valence-electron chi connectivity index (χ2n) is 5.06. The van der Waals surface area contributed by atoms with E-state index in [1.54, 1.807) is 0 Å². The highest BCUT2D eigenvalue weighted by atomic mass is 16.1. The molecule has 2 rings (SSSR count). The molecule has 0 spiro atoms. The Morgan fingerprint density at radius 1 is 1.56 bits per heavy atom. The maximum absolute atomic E-state index is 11.5. The minimum absolute atomic E-state index is 0.365. The monoisotopic (exact) mass is 247 g/mol. The summed E-state index contributed by atoms with van der Waals surface area (Å²) < 4.78 is 0. The summed E-state index contributed by atoms with van der Waals surface area (Å²) >= 11 is 0. The smallest absolute Gasteiger partial charge is 0.250 e. The van der Waals surface area contributed by atoms with Gasteiger partial charge in [-0.1, -0.05) is 6.07 Å². The molecule has 1 saturated heterocycles. The first-order chi connectivity index (χ1) is 8.58. The van der Waals surface area contributed by atoms with Gasteiger partial charge >= 0.3 is 0 Å². The number of likely N-dealkylation sites (N-methyl/N-ethyl adjacent to an activating group) is 1. The minimum atomic E-state index is -0.365. The number of hydrogen-bond acceptors (Lipinski definition) is 3. The van der Waals surface area contributed by atoms with Crippen LogP contribution < -0.4 is 16.0 Å². The van der Waals surface area contributed by atoms with Crippen LogP contribution in [0.5, 0.6) is 0 Å². The van der Waals surface area contributed by atoms with Gasteiger partial charge in [0.1, 0.15) is 0 Å². The molecule has 0 aliphatic carbocycles. The standard InChI is InChI=1S/C14H21N3O/c1-10-5-6-12(14(15)18)13(8-10)17(2)9-11-4-3-7-16-11/h5-6,8,11,16H,3-4,7,9H2,1-2H3,(H2,15,18). The van der Waals surface area contributed by atoms with Crippen LogP contribution in [0.4, 0.5) is 5.69 Å². The maximum atomic E-state index is 11.5. The SMILES string of the molecule is Cc1ccc(C(N)=O)c(N(C)CC2CCCN2)c1. The molecule has 4 nitrogen and oxygen atoms in total. The Kier molecular flexibility index (Phi) is 3.87. The molecule has 1 aliphatic rings. The summed E-state index contributed by atoms with van der Waals surface area (Å²) in [7, 11) is 2.02. The van der Waals surface area contributed by atoms with Crippen molar-refractivity contribution in [2.45, 2.75) is 25.8 Å².